The highest BCUT2D eigenvalue weighted by Crippen LogP contribution is 2.25. The molecule has 20 heavy (non-hydrogen) atoms. The van der Waals surface area contributed by atoms with Gasteiger partial charge in [-0.2, -0.15) is 0 Å². The molecule has 4 heteroatoms. The molecule has 4 nitrogen and oxygen atoms in total. The monoisotopic (exact) mass is 284 g/mol. The predicted octanol–water partition coefficient (Wildman–Crippen LogP) is 1.58. The van der Waals surface area contributed by atoms with Crippen LogP contribution in [0.5, 0.6) is 0 Å². The zero-order valence-electron chi connectivity index (χ0n) is 13.4. The first kappa shape index (κ1) is 16.2. The number of likely N-dealkylation sites (N-methyl/N-ethyl adjacent to an activating group) is 1. The molecular weight excluding hydrogens is 252 g/mol. The molecule has 1 aliphatic carbocycles. The summed E-state index contributed by atoms with van der Waals surface area (Å²) in [5, 5.41) is 10.3. The van der Waals surface area contributed by atoms with Crippen LogP contribution in [0.4, 0.5) is 0 Å². The van der Waals surface area contributed by atoms with Crippen LogP contribution in [0.15, 0.2) is 0 Å². The van der Waals surface area contributed by atoms with E-state index in [9.17, 15) is 5.11 Å². The van der Waals surface area contributed by atoms with E-state index in [4.69, 9.17) is 4.74 Å². The Kier molecular flexibility index (Phi) is 6.27. The molecule has 1 saturated carbocycles. The van der Waals surface area contributed by atoms with Gasteiger partial charge in [0.05, 0.1) is 18.3 Å². The van der Waals surface area contributed by atoms with Crippen LogP contribution in [0.25, 0.3) is 0 Å². The highest BCUT2D eigenvalue weighted by atomic mass is 16.5. The van der Waals surface area contributed by atoms with Gasteiger partial charge >= 0.3 is 0 Å². The minimum absolute atomic E-state index is 0.251. The van der Waals surface area contributed by atoms with Crippen LogP contribution in [0.2, 0.25) is 0 Å². The van der Waals surface area contributed by atoms with Crippen LogP contribution in [-0.4, -0.2) is 73.0 Å². The smallest absolute Gasteiger partial charge is 0.0793 e. The van der Waals surface area contributed by atoms with Gasteiger partial charge in [0.25, 0.3) is 0 Å². The van der Waals surface area contributed by atoms with Gasteiger partial charge in [0.1, 0.15) is 0 Å². The first-order valence-electron chi connectivity index (χ1n) is 8.27. The van der Waals surface area contributed by atoms with Crippen LogP contribution < -0.4 is 0 Å². The molecule has 0 aromatic heterocycles. The largest absolute Gasteiger partial charge is 0.390 e. The van der Waals surface area contributed by atoms with Crippen molar-refractivity contribution in [2.75, 3.05) is 39.8 Å². The molecule has 0 radical (unpaired) electrons. The Labute approximate surface area is 124 Å². The Hall–Kier alpha value is -0.160. The molecule has 0 aromatic carbocycles. The van der Waals surface area contributed by atoms with Gasteiger partial charge in [0.15, 0.2) is 0 Å². The molecule has 1 saturated heterocycles. The predicted molar refractivity (Wildman–Crippen MR) is 81.9 cm³/mol. The van der Waals surface area contributed by atoms with E-state index in [0.29, 0.717) is 0 Å². The van der Waals surface area contributed by atoms with Crippen LogP contribution in [-0.2, 0) is 4.74 Å². The van der Waals surface area contributed by atoms with Crippen molar-refractivity contribution in [1.82, 2.24) is 9.80 Å². The molecule has 1 N–H and O–H groups in total. The van der Waals surface area contributed by atoms with Crippen LogP contribution in [0, 0.1) is 5.92 Å². The Balaban J connectivity index is 1.67. The highest BCUT2D eigenvalue weighted by molar-refractivity contribution is 4.77. The average molecular weight is 284 g/mol. The lowest BCUT2D eigenvalue weighted by atomic mass is 10.1. The van der Waals surface area contributed by atoms with Gasteiger partial charge in [-0.25, -0.2) is 0 Å². The van der Waals surface area contributed by atoms with Crippen molar-refractivity contribution in [3.8, 4) is 0 Å². The molecule has 0 amide bonds. The van der Waals surface area contributed by atoms with Crippen molar-refractivity contribution >= 4 is 0 Å². The van der Waals surface area contributed by atoms with E-state index in [1.807, 2.05) is 0 Å². The third kappa shape index (κ3) is 5.32. The summed E-state index contributed by atoms with van der Waals surface area (Å²) in [5.41, 5.74) is 0. The second kappa shape index (κ2) is 7.74. The van der Waals surface area contributed by atoms with E-state index in [0.717, 1.165) is 38.6 Å². The fraction of sp³-hybridized carbons (Fsp3) is 1.00. The van der Waals surface area contributed by atoms with E-state index in [2.05, 4.69) is 30.7 Å². The maximum atomic E-state index is 10.3. The number of aliphatic hydroxyl groups excluding tert-OH is 1. The van der Waals surface area contributed by atoms with Crippen molar-refractivity contribution < 1.29 is 9.84 Å². The van der Waals surface area contributed by atoms with Crippen molar-refractivity contribution in [1.29, 1.82) is 0 Å². The molecule has 2 aliphatic rings. The number of aliphatic hydroxyl groups is 1. The van der Waals surface area contributed by atoms with Gasteiger partial charge in [-0.1, -0.05) is 12.8 Å². The number of rotatable bonds is 6. The Morgan fingerprint density at radius 2 is 1.80 bits per heavy atom. The van der Waals surface area contributed by atoms with Gasteiger partial charge in [-0.3, -0.25) is 4.90 Å². The molecule has 3 unspecified atom stereocenters. The van der Waals surface area contributed by atoms with Crippen LogP contribution in [0.1, 0.15) is 39.5 Å². The van der Waals surface area contributed by atoms with Crippen molar-refractivity contribution in [2.24, 2.45) is 5.92 Å². The Bertz CT molecular complexity index is 272. The van der Waals surface area contributed by atoms with Crippen LogP contribution in [0.3, 0.4) is 0 Å². The molecule has 0 spiro atoms. The summed E-state index contributed by atoms with van der Waals surface area (Å²) < 4.78 is 5.73. The van der Waals surface area contributed by atoms with Gasteiger partial charge in [0, 0.05) is 32.7 Å². The number of hydrogen-bond donors (Lipinski definition) is 1. The summed E-state index contributed by atoms with van der Waals surface area (Å²) >= 11 is 0. The van der Waals surface area contributed by atoms with E-state index in [-0.39, 0.29) is 18.3 Å². The zero-order valence-corrected chi connectivity index (χ0v) is 13.4. The number of hydrogen-bond acceptors (Lipinski definition) is 4. The van der Waals surface area contributed by atoms with Crippen LogP contribution >= 0.6 is 0 Å². The molecule has 0 bridgehead atoms. The normalized spacial score (nSPS) is 31.1. The topological polar surface area (TPSA) is 35.9 Å². The molecule has 2 fully saturated rings. The second-order valence-corrected chi connectivity index (χ2v) is 7.00. The van der Waals surface area contributed by atoms with Crippen molar-refractivity contribution in [2.45, 2.75) is 57.8 Å². The quantitative estimate of drug-likeness (QED) is 0.803. The fourth-order valence-electron chi connectivity index (χ4n) is 3.86. The first-order valence-corrected chi connectivity index (χ1v) is 8.27. The number of morpholine rings is 1. The van der Waals surface area contributed by atoms with Crippen molar-refractivity contribution in [3.63, 3.8) is 0 Å². The van der Waals surface area contributed by atoms with Crippen molar-refractivity contribution in [3.05, 3.63) is 0 Å². The summed E-state index contributed by atoms with van der Waals surface area (Å²) in [4.78, 5) is 4.65. The zero-order chi connectivity index (χ0) is 14.5. The summed E-state index contributed by atoms with van der Waals surface area (Å²) in [6.45, 7) is 8.81. The second-order valence-electron chi connectivity index (χ2n) is 7.00. The third-order valence-corrected chi connectivity index (χ3v) is 4.53. The summed E-state index contributed by atoms with van der Waals surface area (Å²) in [7, 11) is 2.14. The summed E-state index contributed by atoms with van der Waals surface area (Å²) in [6, 6.07) is 0. The Morgan fingerprint density at radius 1 is 1.20 bits per heavy atom. The molecule has 3 atom stereocenters. The molecule has 2 rings (SSSR count). The third-order valence-electron chi connectivity index (χ3n) is 4.53. The van der Waals surface area contributed by atoms with E-state index in [1.165, 1.54) is 25.7 Å². The lowest BCUT2D eigenvalue weighted by molar-refractivity contribution is -0.0777. The summed E-state index contributed by atoms with van der Waals surface area (Å²) in [5.74, 6) is 0.857. The molecule has 0 aromatic rings. The maximum absolute atomic E-state index is 10.3. The van der Waals surface area contributed by atoms with E-state index in [1.54, 1.807) is 0 Å². The number of nitrogens with zero attached hydrogens (tertiary/aromatic N) is 2. The minimum Gasteiger partial charge on any atom is -0.390 e. The average Bonchev–Trinajstić information content (AvgIpc) is 2.79. The highest BCUT2D eigenvalue weighted by Gasteiger charge is 2.24. The first-order chi connectivity index (χ1) is 9.52. The number of β-amino-alcohol motifs (C(OH)–C–C–N with tert-alkyl or cyclic N) is 1. The standard InChI is InChI=1S/C16H32N2O2/c1-13-8-18(9-14(2)20-13)12-16(19)11-17(3)10-15-6-4-5-7-15/h13-16,19H,4-12H2,1-3H3. The molecule has 1 aliphatic heterocycles. The lowest BCUT2D eigenvalue weighted by Gasteiger charge is -2.36. The molecule has 118 valence electrons. The summed E-state index contributed by atoms with van der Waals surface area (Å²) in [6.07, 6.45) is 5.84. The molecular formula is C16H32N2O2. The van der Waals surface area contributed by atoms with E-state index >= 15 is 0 Å². The SMILES string of the molecule is CC1CN(CC(O)CN(C)CC2CCCC2)CC(C)O1. The maximum Gasteiger partial charge on any atom is 0.0793 e. The van der Waals surface area contributed by atoms with Gasteiger partial charge in [-0.15, -0.1) is 0 Å². The van der Waals surface area contributed by atoms with E-state index < -0.39 is 0 Å². The van der Waals surface area contributed by atoms with Gasteiger partial charge in [-0.05, 0) is 39.7 Å². The van der Waals surface area contributed by atoms with Gasteiger partial charge < -0.3 is 14.7 Å². The Morgan fingerprint density at radius 3 is 2.40 bits per heavy atom. The minimum atomic E-state index is -0.251. The van der Waals surface area contributed by atoms with Gasteiger partial charge in [0.2, 0.25) is 0 Å². The fourth-order valence-corrected chi connectivity index (χ4v) is 3.86. The molecule has 1 heterocycles. The number of ether oxygens (including phenoxy) is 1. The lowest BCUT2D eigenvalue weighted by Crippen LogP contribution is -2.49.